The molecular weight excluding hydrogens is 234 g/mol. The number of nitrogens with two attached hydrogens (primary N) is 1. The van der Waals surface area contributed by atoms with Gasteiger partial charge in [0.05, 0.1) is 11.9 Å². The Kier molecular flexibility index (Phi) is 2.12. The summed E-state index contributed by atoms with van der Waals surface area (Å²) in [6.45, 7) is 4.20. The van der Waals surface area contributed by atoms with Crippen molar-refractivity contribution in [1.82, 2.24) is 19.6 Å². The fraction of sp³-hybridized carbons (Fsp3) is 0.182. The minimum atomic E-state index is 0.199. The van der Waals surface area contributed by atoms with Gasteiger partial charge in [0.1, 0.15) is 10.5 Å². The average molecular weight is 245 g/mol. The van der Waals surface area contributed by atoms with E-state index in [1.54, 1.807) is 17.5 Å². The number of fused-ring (bicyclic) bond motifs is 1. The van der Waals surface area contributed by atoms with E-state index in [0.29, 0.717) is 0 Å². The van der Waals surface area contributed by atoms with Crippen molar-refractivity contribution in [2.45, 2.75) is 13.8 Å². The minimum absolute atomic E-state index is 0.199. The zero-order valence-electron chi connectivity index (χ0n) is 9.51. The van der Waals surface area contributed by atoms with Crippen LogP contribution in [-0.4, -0.2) is 19.6 Å². The Labute approximate surface area is 102 Å². The first-order valence-electron chi connectivity index (χ1n) is 5.18. The van der Waals surface area contributed by atoms with Gasteiger partial charge in [-0.25, -0.2) is 4.98 Å². The number of aromatic nitrogens is 4. The number of anilines is 1. The number of thiazole rings is 1. The van der Waals surface area contributed by atoms with Gasteiger partial charge < -0.3 is 10.1 Å². The number of hydrogen-bond donors (Lipinski definition) is 1. The van der Waals surface area contributed by atoms with E-state index in [4.69, 9.17) is 5.73 Å². The van der Waals surface area contributed by atoms with Crippen LogP contribution in [0.3, 0.4) is 0 Å². The van der Waals surface area contributed by atoms with Gasteiger partial charge in [-0.3, -0.25) is 0 Å². The van der Waals surface area contributed by atoms with E-state index in [1.165, 1.54) is 16.0 Å². The van der Waals surface area contributed by atoms with Crippen LogP contribution in [0.25, 0.3) is 16.2 Å². The van der Waals surface area contributed by atoms with Crippen LogP contribution in [0.1, 0.15) is 11.1 Å². The normalized spacial score (nSPS) is 11.2. The Balaban J connectivity index is 2.37. The lowest BCUT2D eigenvalue weighted by Crippen LogP contribution is -1.99. The molecule has 5 nitrogen and oxygen atoms in total. The van der Waals surface area contributed by atoms with E-state index < -0.39 is 0 Å². The highest BCUT2D eigenvalue weighted by Crippen LogP contribution is 2.32. The summed E-state index contributed by atoms with van der Waals surface area (Å²) < 4.78 is 2.12. The molecule has 3 aromatic rings. The van der Waals surface area contributed by atoms with Crippen molar-refractivity contribution < 1.29 is 0 Å². The fourth-order valence-corrected chi connectivity index (χ4v) is 2.90. The molecule has 86 valence electrons. The van der Waals surface area contributed by atoms with Crippen molar-refractivity contribution in [3.05, 3.63) is 28.9 Å². The maximum absolute atomic E-state index is 5.58. The second-order valence-corrected chi connectivity index (χ2v) is 4.77. The lowest BCUT2D eigenvalue weighted by Gasteiger charge is -2.01. The van der Waals surface area contributed by atoms with Gasteiger partial charge in [0.25, 0.3) is 0 Å². The highest BCUT2D eigenvalue weighted by Gasteiger charge is 2.16. The zero-order chi connectivity index (χ0) is 12.0. The summed E-state index contributed by atoms with van der Waals surface area (Å²) in [5.74, 6) is 0.199. The van der Waals surface area contributed by atoms with Gasteiger partial charge in [-0.05, 0) is 25.0 Å². The first-order valence-corrected chi connectivity index (χ1v) is 6.06. The molecule has 3 rings (SSSR count). The lowest BCUT2D eigenvalue weighted by atomic mass is 10.1. The molecule has 2 N–H and O–H groups in total. The maximum Gasteiger partial charge on any atom is 0.240 e. The quantitative estimate of drug-likeness (QED) is 0.712. The second kappa shape index (κ2) is 3.53. The molecule has 0 fully saturated rings. The van der Waals surface area contributed by atoms with Gasteiger partial charge in [0.15, 0.2) is 0 Å². The SMILES string of the molecule is Cc1c(C)c2sccn2c1-c1cnnc(N)n1. The highest BCUT2D eigenvalue weighted by molar-refractivity contribution is 7.15. The Morgan fingerprint density at radius 2 is 2.12 bits per heavy atom. The second-order valence-electron chi connectivity index (χ2n) is 3.88. The number of nitrogen functional groups attached to an aromatic ring is 1. The third kappa shape index (κ3) is 1.41. The van der Waals surface area contributed by atoms with Crippen LogP contribution in [0.5, 0.6) is 0 Å². The van der Waals surface area contributed by atoms with Gasteiger partial charge in [0.2, 0.25) is 5.95 Å². The maximum atomic E-state index is 5.58. The van der Waals surface area contributed by atoms with Crippen LogP contribution in [0.4, 0.5) is 5.95 Å². The van der Waals surface area contributed by atoms with Crippen molar-refractivity contribution >= 4 is 22.1 Å². The molecule has 0 aliphatic heterocycles. The van der Waals surface area contributed by atoms with Crippen LogP contribution >= 0.6 is 11.3 Å². The summed E-state index contributed by atoms with van der Waals surface area (Å²) in [5, 5.41) is 9.59. The van der Waals surface area contributed by atoms with Crippen LogP contribution in [0, 0.1) is 13.8 Å². The van der Waals surface area contributed by atoms with Crippen LogP contribution in [-0.2, 0) is 0 Å². The van der Waals surface area contributed by atoms with Crippen LogP contribution < -0.4 is 5.73 Å². The van der Waals surface area contributed by atoms with Gasteiger partial charge in [0, 0.05) is 11.6 Å². The fourth-order valence-electron chi connectivity index (χ4n) is 1.99. The molecule has 6 heteroatoms. The monoisotopic (exact) mass is 245 g/mol. The van der Waals surface area contributed by atoms with E-state index >= 15 is 0 Å². The molecule has 0 saturated heterocycles. The summed E-state index contributed by atoms with van der Waals surface area (Å²) in [4.78, 5) is 5.47. The van der Waals surface area contributed by atoms with Crippen LogP contribution in [0.2, 0.25) is 0 Å². The van der Waals surface area contributed by atoms with Gasteiger partial charge in [-0.1, -0.05) is 0 Å². The van der Waals surface area contributed by atoms with Crippen molar-refractivity contribution in [2.24, 2.45) is 0 Å². The van der Waals surface area contributed by atoms with E-state index in [-0.39, 0.29) is 5.95 Å². The molecule has 0 unspecified atom stereocenters. The smallest absolute Gasteiger partial charge is 0.240 e. The van der Waals surface area contributed by atoms with E-state index in [0.717, 1.165) is 11.4 Å². The van der Waals surface area contributed by atoms with E-state index in [2.05, 4.69) is 38.8 Å². The van der Waals surface area contributed by atoms with Crippen molar-refractivity contribution in [3.63, 3.8) is 0 Å². The van der Waals surface area contributed by atoms with Crippen LogP contribution in [0.15, 0.2) is 17.8 Å². The number of aryl methyl sites for hydroxylation is 1. The number of hydrogen-bond acceptors (Lipinski definition) is 5. The Morgan fingerprint density at radius 1 is 1.29 bits per heavy atom. The van der Waals surface area contributed by atoms with E-state index in [9.17, 15) is 0 Å². The molecule has 0 aliphatic carbocycles. The largest absolute Gasteiger partial charge is 0.366 e. The molecule has 3 aromatic heterocycles. The van der Waals surface area contributed by atoms with Crippen molar-refractivity contribution in [3.8, 4) is 11.4 Å². The third-order valence-corrected chi connectivity index (χ3v) is 3.89. The summed E-state index contributed by atoms with van der Waals surface area (Å²) in [6, 6.07) is 0. The molecule has 0 aliphatic rings. The van der Waals surface area contributed by atoms with Gasteiger partial charge in [-0.2, -0.15) is 5.10 Å². The Morgan fingerprint density at radius 3 is 2.88 bits per heavy atom. The molecule has 17 heavy (non-hydrogen) atoms. The summed E-state index contributed by atoms with van der Waals surface area (Å²) in [5.41, 5.74) is 9.86. The first kappa shape index (κ1) is 10.2. The highest BCUT2D eigenvalue weighted by atomic mass is 32.1. The molecular formula is C11H11N5S. The van der Waals surface area contributed by atoms with Crippen molar-refractivity contribution in [2.75, 3.05) is 5.73 Å². The molecule has 0 spiro atoms. The summed E-state index contributed by atoms with van der Waals surface area (Å²) in [7, 11) is 0. The predicted octanol–water partition coefficient (Wildman–Crippen LogP) is 2.05. The molecule has 0 saturated carbocycles. The number of nitrogens with zero attached hydrogens (tertiary/aromatic N) is 4. The number of rotatable bonds is 1. The predicted molar refractivity (Wildman–Crippen MR) is 68.0 cm³/mol. The average Bonchev–Trinajstić information content (AvgIpc) is 2.84. The van der Waals surface area contributed by atoms with E-state index in [1.807, 2.05) is 6.20 Å². The summed E-state index contributed by atoms with van der Waals surface area (Å²) >= 11 is 1.72. The topological polar surface area (TPSA) is 69.1 Å². The minimum Gasteiger partial charge on any atom is -0.366 e. The Bertz CT molecular complexity index is 697. The molecule has 0 amide bonds. The molecule has 0 aromatic carbocycles. The zero-order valence-corrected chi connectivity index (χ0v) is 10.3. The third-order valence-electron chi connectivity index (χ3n) is 2.91. The standard InChI is InChI=1S/C11H11N5S/c1-6-7(2)10-16(3-4-17-10)9(6)8-5-13-15-11(12)14-8/h3-5H,1-2H3,(H2,12,14,15). The molecule has 0 bridgehead atoms. The lowest BCUT2D eigenvalue weighted by molar-refractivity contribution is 0.982. The van der Waals surface area contributed by atoms with Crippen molar-refractivity contribution in [1.29, 1.82) is 0 Å². The molecule has 0 atom stereocenters. The van der Waals surface area contributed by atoms with Gasteiger partial charge >= 0.3 is 0 Å². The summed E-state index contributed by atoms with van der Waals surface area (Å²) in [6.07, 6.45) is 3.68. The Hall–Kier alpha value is -1.95. The molecule has 3 heterocycles. The van der Waals surface area contributed by atoms with Gasteiger partial charge in [-0.15, -0.1) is 16.4 Å². The first-order chi connectivity index (χ1) is 8.18. The molecule has 0 radical (unpaired) electrons.